The van der Waals surface area contributed by atoms with Gasteiger partial charge in [-0.2, -0.15) is 0 Å². The molecule has 2 rings (SSSR count). The van der Waals surface area contributed by atoms with Gasteiger partial charge in [0.05, 0.1) is 25.3 Å². The van der Waals surface area contributed by atoms with Crippen LogP contribution in [0.3, 0.4) is 0 Å². The van der Waals surface area contributed by atoms with Crippen LogP contribution >= 0.6 is 12.4 Å². The van der Waals surface area contributed by atoms with Gasteiger partial charge in [-0.25, -0.2) is 0 Å². The Morgan fingerprint density at radius 3 is 2.82 bits per heavy atom. The van der Waals surface area contributed by atoms with Crippen molar-refractivity contribution in [2.75, 3.05) is 33.4 Å². The lowest BCUT2D eigenvalue weighted by molar-refractivity contribution is -0.122. The van der Waals surface area contributed by atoms with E-state index in [0.29, 0.717) is 19.7 Å². The Morgan fingerprint density at radius 1 is 1.41 bits per heavy atom. The highest BCUT2D eigenvalue weighted by Gasteiger charge is 2.28. The summed E-state index contributed by atoms with van der Waals surface area (Å²) >= 11 is 0. The quantitative estimate of drug-likeness (QED) is 0.713. The van der Waals surface area contributed by atoms with Gasteiger partial charge in [0.1, 0.15) is 0 Å². The first kappa shape index (κ1) is 18.9. The first-order valence-electron chi connectivity index (χ1n) is 7.47. The molecule has 0 aromatic heterocycles. The van der Waals surface area contributed by atoms with E-state index in [1.807, 2.05) is 30.3 Å². The lowest BCUT2D eigenvalue weighted by Gasteiger charge is -2.25. The van der Waals surface area contributed by atoms with E-state index < -0.39 is 0 Å². The molecular weight excluding hydrogens is 304 g/mol. The number of halogens is 1. The molecule has 22 heavy (non-hydrogen) atoms. The average Bonchev–Trinajstić information content (AvgIpc) is 3.04. The summed E-state index contributed by atoms with van der Waals surface area (Å²) in [6.07, 6.45) is 2.10. The fourth-order valence-corrected chi connectivity index (χ4v) is 2.52. The van der Waals surface area contributed by atoms with Crippen LogP contribution in [0.15, 0.2) is 30.3 Å². The Hall–Kier alpha value is -1.14. The fourth-order valence-electron chi connectivity index (χ4n) is 2.52. The SMILES string of the molecule is COCCNCC(=O)NC(c1ccccc1)C1CCCO1.Cl. The van der Waals surface area contributed by atoms with E-state index in [0.717, 1.165) is 25.0 Å². The third-order valence-corrected chi connectivity index (χ3v) is 3.58. The summed E-state index contributed by atoms with van der Waals surface area (Å²) in [5.74, 6) is -0.0181. The number of carbonyl (C=O) groups excluding carboxylic acids is 1. The lowest BCUT2D eigenvalue weighted by atomic mass is 9.99. The minimum Gasteiger partial charge on any atom is -0.383 e. The summed E-state index contributed by atoms with van der Waals surface area (Å²) in [5, 5.41) is 6.14. The van der Waals surface area contributed by atoms with Crippen LogP contribution in [0.2, 0.25) is 0 Å². The number of hydrogen-bond acceptors (Lipinski definition) is 4. The van der Waals surface area contributed by atoms with Crippen LogP contribution in [0.1, 0.15) is 24.4 Å². The summed E-state index contributed by atoms with van der Waals surface area (Å²) in [5.41, 5.74) is 1.09. The van der Waals surface area contributed by atoms with E-state index in [2.05, 4.69) is 10.6 Å². The minimum atomic E-state index is -0.0783. The van der Waals surface area contributed by atoms with Crippen LogP contribution in [-0.2, 0) is 14.3 Å². The predicted molar refractivity (Wildman–Crippen MR) is 88.3 cm³/mol. The Bertz CT molecular complexity index is 425. The number of nitrogens with one attached hydrogen (secondary N) is 2. The van der Waals surface area contributed by atoms with Crippen LogP contribution in [0.4, 0.5) is 0 Å². The van der Waals surface area contributed by atoms with Crippen molar-refractivity contribution in [2.24, 2.45) is 0 Å². The Kier molecular flexibility index (Phi) is 9.08. The lowest BCUT2D eigenvalue weighted by Crippen LogP contribution is -2.41. The molecule has 0 aliphatic carbocycles. The molecule has 2 N–H and O–H groups in total. The number of ether oxygens (including phenoxy) is 2. The standard InChI is InChI=1S/C16H24N2O3.ClH/c1-20-11-9-17-12-15(19)18-16(14-8-5-10-21-14)13-6-3-2-4-7-13;/h2-4,6-7,14,16-17H,5,8-12H2,1H3,(H,18,19);1H. The molecule has 0 bridgehead atoms. The highest BCUT2D eigenvalue weighted by Crippen LogP contribution is 2.26. The molecule has 1 heterocycles. The normalized spacial score (nSPS) is 18.5. The Balaban J connectivity index is 0.00000242. The second-order valence-electron chi connectivity index (χ2n) is 5.18. The zero-order valence-electron chi connectivity index (χ0n) is 12.9. The molecule has 6 heteroatoms. The van der Waals surface area contributed by atoms with Crippen molar-refractivity contribution in [3.8, 4) is 0 Å². The molecule has 1 aromatic rings. The van der Waals surface area contributed by atoms with E-state index in [1.54, 1.807) is 7.11 Å². The maximum absolute atomic E-state index is 12.1. The zero-order valence-corrected chi connectivity index (χ0v) is 13.7. The van der Waals surface area contributed by atoms with Gasteiger partial charge in [-0.05, 0) is 18.4 Å². The highest BCUT2D eigenvalue weighted by molar-refractivity contribution is 5.85. The Labute approximate surface area is 138 Å². The number of rotatable bonds is 8. The summed E-state index contributed by atoms with van der Waals surface area (Å²) in [6, 6.07) is 9.94. The van der Waals surface area contributed by atoms with Crippen molar-refractivity contribution in [1.82, 2.24) is 10.6 Å². The van der Waals surface area contributed by atoms with Crippen LogP contribution in [0.5, 0.6) is 0 Å². The number of benzene rings is 1. The molecule has 1 amide bonds. The smallest absolute Gasteiger partial charge is 0.234 e. The molecule has 0 radical (unpaired) electrons. The van der Waals surface area contributed by atoms with E-state index >= 15 is 0 Å². The first-order valence-corrected chi connectivity index (χ1v) is 7.47. The van der Waals surface area contributed by atoms with Crippen molar-refractivity contribution >= 4 is 18.3 Å². The van der Waals surface area contributed by atoms with Crippen molar-refractivity contribution in [3.05, 3.63) is 35.9 Å². The molecule has 2 unspecified atom stereocenters. The first-order chi connectivity index (χ1) is 10.3. The minimum absolute atomic E-state index is 0. The topological polar surface area (TPSA) is 59.6 Å². The summed E-state index contributed by atoms with van der Waals surface area (Å²) in [4.78, 5) is 12.1. The molecule has 2 atom stereocenters. The maximum Gasteiger partial charge on any atom is 0.234 e. The van der Waals surface area contributed by atoms with Gasteiger partial charge in [0, 0.05) is 20.3 Å². The fraction of sp³-hybridized carbons (Fsp3) is 0.562. The average molecular weight is 329 g/mol. The monoisotopic (exact) mass is 328 g/mol. The second-order valence-corrected chi connectivity index (χ2v) is 5.18. The number of hydrogen-bond donors (Lipinski definition) is 2. The van der Waals surface area contributed by atoms with E-state index in [-0.39, 0.29) is 30.5 Å². The molecule has 124 valence electrons. The van der Waals surface area contributed by atoms with Gasteiger partial charge in [0.15, 0.2) is 0 Å². The molecule has 1 aliphatic rings. The van der Waals surface area contributed by atoms with Crippen molar-refractivity contribution < 1.29 is 14.3 Å². The van der Waals surface area contributed by atoms with Gasteiger partial charge < -0.3 is 20.1 Å². The second kappa shape index (κ2) is 10.6. The van der Waals surface area contributed by atoms with Gasteiger partial charge in [-0.1, -0.05) is 30.3 Å². The Morgan fingerprint density at radius 2 is 2.18 bits per heavy atom. The largest absolute Gasteiger partial charge is 0.383 e. The third kappa shape index (κ3) is 5.93. The van der Waals surface area contributed by atoms with Crippen LogP contribution in [0, 0.1) is 0 Å². The summed E-state index contributed by atoms with van der Waals surface area (Å²) in [6.45, 7) is 2.33. The molecular formula is C16H25ClN2O3. The third-order valence-electron chi connectivity index (χ3n) is 3.58. The predicted octanol–water partition coefficient (Wildman–Crippen LogP) is 1.68. The van der Waals surface area contributed by atoms with Crippen LogP contribution in [-0.4, -0.2) is 45.4 Å². The molecule has 0 saturated carbocycles. The van der Waals surface area contributed by atoms with Crippen molar-refractivity contribution in [1.29, 1.82) is 0 Å². The zero-order chi connectivity index (χ0) is 14.9. The van der Waals surface area contributed by atoms with E-state index in [4.69, 9.17) is 9.47 Å². The highest BCUT2D eigenvalue weighted by atomic mass is 35.5. The van der Waals surface area contributed by atoms with E-state index in [9.17, 15) is 4.79 Å². The summed E-state index contributed by atoms with van der Waals surface area (Å²) in [7, 11) is 1.64. The molecule has 5 nitrogen and oxygen atoms in total. The van der Waals surface area contributed by atoms with Crippen molar-refractivity contribution in [2.45, 2.75) is 25.0 Å². The number of carbonyl (C=O) groups is 1. The van der Waals surface area contributed by atoms with Crippen molar-refractivity contribution in [3.63, 3.8) is 0 Å². The molecule has 1 fully saturated rings. The van der Waals surface area contributed by atoms with Gasteiger partial charge in [0.2, 0.25) is 5.91 Å². The summed E-state index contributed by atoms with van der Waals surface area (Å²) < 4.78 is 10.7. The molecule has 1 aromatic carbocycles. The van der Waals surface area contributed by atoms with Gasteiger partial charge in [-0.15, -0.1) is 12.4 Å². The molecule has 0 spiro atoms. The number of methoxy groups -OCH3 is 1. The maximum atomic E-state index is 12.1. The van der Waals surface area contributed by atoms with Gasteiger partial charge in [0.25, 0.3) is 0 Å². The molecule has 1 aliphatic heterocycles. The van der Waals surface area contributed by atoms with E-state index in [1.165, 1.54) is 0 Å². The van der Waals surface area contributed by atoms with Gasteiger partial charge in [-0.3, -0.25) is 4.79 Å². The van der Waals surface area contributed by atoms with Crippen LogP contribution < -0.4 is 10.6 Å². The van der Waals surface area contributed by atoms with Crippen LogP contribution in [0.25, 0.3) is 0 Å². The number of amides is 1. The van der Waals surface area contributed by atoms with Gasteiger partial charge >= 0.3 is 0 Å². The molecule has 1 saturated heterocycles.